The zero-order valence-electron chi connectivity index (χ0n) is 15.9. The van der Waals surface area contributed by atoms with Crippen molar-refractivity contribution in [1.29, 1.82) is 0 Å². The van der Waals surface area contributed by atoms with E-state index < -0.39 is 0 Å². The molecule has 3 nitrogen and oxygen atoms in total. The van der Waals surface area contributed by atoms with Gasteiger partial charge in [-0.3, -0.25) is 9.78 Å². The maximum atomic E-state index is 13.3. The van der Waals surface area contributed by atoms with Gasteiger partial charge >= 0.3 is 0 Å². The van der Waals surface area contributed by atoms with E-state index in [-0.39, 0.29) is 29.1 Å². The number of aromatic nitrogens is 1. The molecule has 2 atom stereocenters. The lowest BCUT2D eigenvalue weighted by Gasteiger charge is -2.61. The van der Waals surface area contributed by atoms with Crippen molar-refractivity contribution in [3.8, 4) is 0 Å². The fraction of sp³-hybridized carbons (Fsp3) is 0.478. The van der Waals surface area contributed by atoms with Crippen molar-refractivity contribution in [1.82, 2.24) is 10.3 Å². The predicted octanol–water partition coefficient (Wildman–Crippen LogP) is 5.31. The highest BCUT2D eigenvalue weighted by molar-refractivity contribution is 6.30. The average Bonchev–Trinajstić information content (AvgIpc) is 2.66. The van der Waals surface area contributed by atoms with Crippen molar-refractivity contribution in [2.24, 2.45) is 17.3 Å². The highest BCUT2D eigenvalue weighted by atomic mass is 35.5. The van der Waals surface area contributed by atoms with Crippen LogP contribution in [-0.2, 0) is 16.8 Å². The summed E-state index contributed by atoms with van der Waals surface area (Å²) in [7, 11) is 0. The molecule has 2 aromatic rings. The molecule has 0 aliphatic heterocycles. The minimum atomic E-state index is -0.198. The number of hydrogen-bond acceptors (Lipinski definition) is 2. The molecule has 1 amide bonds. The predicted molar refractivity (Wildman–Crippen MR) is 114 cm³/mol. The first-order valence-corrected chi connectivity index (χ1v) is 10.4. The fourth-order valence-electron chi connectivity index (χ4n) is 6.54. The van der Waals surface area contributed by atoms with Crippen LogP contribution in [0, 0.1) is 17.3 Å². The second kappa shape index (κ2) is 7.35. The number of rotatable bonds is 4. The second-order valence-electron chi connectivity index (χ2n) is 9.07. The number of carbonyl (C=O) groups excluding carboxylic acids is 1. The Morgan fingerprint density at radius 2 is 1.68 bits per heavy atom. The van der Waals surface area contributed by atoms with Gasteiger partial charge in [0.2, 0.25) is 5.91 Å². The summed E-state index contributed by atoms with van der Waals surface area (Å²) in [5.74, 6) is 1.61. The number of nitrogens with zero attached hydrogens (tertiary/aromatic N) is 1. The van der Waals surface area contributed by atoms with E-state index in [2.05, 4.69) is 22.4 Å². The molecule has 4 aliphatic rings. The van der Waals surface area contributed by atoms with Gasteiger partial charge in [-0.05, 0) is 91.2 Å². The van der Waals surface area contributed by atoms with Crippen LogP contribution >= 0.6 is 24.0 Å². The average molecular weight is 417 g/mol. The van der Waals surface area contributed by atoms with E-state index >= 15 is 0 Å². The van der Waals surface area contributed by atoms with E-state index in [0.717, 1.165) is 29.8 Å². The molecule has 1 N–H and O–H groups in total. The van der Waals surface area contributed by atoms with E-state index in [0.29, 0.717) is 18.4 Å². The van der Waals surface area contributed by atoms with Crippen LogP contribution in [0.1, 0.15) is 49.7 Å². The largest absolute Gasteiger partial charge is 0.352 e. The molecule has 6 rings (SSSR count). The molecule has 4 fully saturated rings. The van der Waals surface area contributed by atoms with Crippen LogP contribution in [0.2, 0.25) is 5.02 Å². The summed E-state index contributed by atoms with van der Waals surface area (Å²) in [5, 5.41) is 4.03. The van der Waals surface area contributed by atoms with Crippen molar-refractivity contribution in [3.63, 3.8) is 0 Å². The maximum absolute atomic E-state index is 13.3. The van der Waals surface area contributed by atoms with Crippen LogP contribution in [0.3, 0.4) is 0 Å². The molecule has 4 saturated carbocycles. The van der Waals surface area contributed by atoms with Gasteiger partial charge in [-0.1, -0.05) is 23.7 Å². The highest BCUT2D eigenvalue weighted by Gasteiger charge is 2.60. The number of amides is 1. The topological polar surface area (TPSA) is 42.0 Å². The molecule has 1 aromatic heterocycles. The van der Waals surface area contributed by atoms with E-state index in [1.807, 2.05) is 24.3 Å². The molecule has 0 saturated heterocycles. The van der Waals surface area contributed by atoms with Gasteiger partial charge in [0, 0.05) is 24.0 Å². The Labute approximate surface area is 177 Å². The van der Waals surface area contributed by atoms with Crippen molar-refractivity contribution in [2.75, 3.05) is 0 Å². The van der Waals surface area contributed by atoms with E-state index in [1.165, 1.54) is 24.8 Å². The first-order valence-electron chi connectivity index (χ1n) is 10.0. The SMILES string of the molecule is Cl.O=C(NCc1ccncc1)C12CC3CC(C1)CC(c1ccc(Cl)cc1)(C3)C2. The number of hydrogen-bond donors (Lipinski definition) is 1. The summed E-state index contributed by atoms with van der Waals surface area (Å²) in [6.45, 7) is 0.590. The summed E-state index contributed by atoms with van der Waals surface area (Å²) in [5.41, 5.74) is 2.45. The number of halogens is 2. The van der Waals surface area contributed by atoms with Gasteiger partial charge < -0.3 is 5.32 Å². The van der Waals surface area contributed by atoms with E-state index in [9.17, 15) is 4.79 Å². The molecule has 28 heavy (non-hydrogen) atoms. The van der Waals surface area contributed by atoms with Crippen molar-refractivity contribution >= 4 is 29.9 Å². The zero-order chi connectivity index (χ0) is 18.5. The van der Waals surface area contributed by atoms with Gasteiger partial charge in [-0.25, -0.2) is 0 Å². The summed E-state index contributed by atoms with van der Waals surface area (Å²) in [4.78, 5) is 17.4. The van der Waals surface area contributed by atoms with Gasteiger partial charge in [-0.2, -0.15) is 0 Å². The van der Waals surface area contributed by atoms with Crippen molar-refractivity contribution < 1.29 is 4.79 Å². The third-order valence-corrected chi connectivity index (χ3v) is 7.45. The van der Waals surface area contributed by atoms with Crippen LogP contribution in [0.4, 0.5) is 0 Å². The minimum absolute atomic E-state index is 0. The molecule has 4 bridgehead atoms. The number of nitrogens with one attached hydrogen (secondary N) is 1. The molecule has 4 aliphatic carbocycles. The molecule has 1 heterocycles. The summed E-state index contributed by atoms with van der Waals surface area (Å²) < 4.78 is 0. The molecule has 2 unspecified atom stereocenters. The Morgan fingerprint density at radius 1 is 1.04 bits per heavy atom. The van der Waals surface area contributed by atoms with Gasteiger partial charge in [0.1, 0.15) is 0 Å². The molecule has 0 radical (unpaired) electrons. The zero-order valence-corrected chi connectivity index (χ0v) is 17.4. The second-order valence-corrected chi connectivity index (χ2v) is 9.50. The lowest BCUT2D eigenvalue weighted by molar-refractivity contribution is -0.149. The number of carbonyl (C=O) groups is 1. The van der Waals surface area contributed by atoms with E-state index in [4.69, 9.17) is 11.6 Å². The van der Waals surface area contributed by atoms with Gasteiger partial charge in [0.25, 0.3) is 0 Å². The Hall–Kier alpha value is -1.58. The first kappa shape index (κ1) is 19.7. The Balaban J connectivity index is 0.00000192. The maximum Gasteiger partial charge on any atom is 0.226 e. The lowest BCUT2D eigenvalue weighted by atomic mass is 9.42. The summed E-state index contributed by atoms with van der Waals surface area (Å²) in [6, 6.07) is 12.3. The molecule has 0 spiro atoms. The van der Waals surface area contributed by atoms with Crippen LogP contribution in [-0.4, -0.2) is 10.9 Å². The quantitative estimate of drug-likeness (QED) is 0.733. The van der Waals surface area contributed by atoms with Gasteiger partial charge in [0.15, 0.2) is 0 Å². The monoisotopic (exact) mass is 416 g/mol. The van der Waals surface area contributed by atoms with Crippen LogP contribution in [0.25, 0.3) is 0 Å². The Kier molecular flexibility index (Phi) is 5.18. The number of pyridine rings is 1. The van der Waals surface area contributed by atoms with Crippen LogP contribution < -0.4 is 5.32 Å². The lowest BCUT2D eigenvalue weighted by Crippen LogP contribution is -2.59. The first-order chi connectivity index (χ1) is 13.1. The smallest absolute Gasteiger partial charge is 0.226 e. The molecule has 1 aromatic carbocycles. The van der Waals surface area contributed by atoms with Crippen LogP contribution in [0.5, 0.6) is 0 Å². The van der Waals surface area contributed by atoms with Gasteiger partial charge in [0.05, 0.1) is 5.41 Å². The Bertz CT molecular complexity index is 839. The molecular formula is C23H26Cl2N2O. The third-order valence-electron chi connectivity index (χ3n) is 7.20. The minimum Gasteiger partial charge on any atom is -0.352 e. The summed E-state index contributed by atoms with van der Waals surface area (Å²) >= 11 is 6.13. The Morgan fingerprint density at radius 3 is 2.32 bits per heavy atom. The highest BCUT2D eigenvalue weighted by Crippen LogP contribution is 2.65. The fourth-order valence-corrected chi connectivity index (χ4v) is 6.67. The molecule has 148 valence electrons. The third kappa shape index (κ3) is 3.33. The molecule has 5 heteroatoms. The number of benzene rings is 1. The van der Waals surface area contributed by atoms with E-state index in [1.54, 1.807) is 12.4 Å². The summed E-state index contributed by atoms with van der Waals surface area (Å²) in [6.07, 6.45) is 10.4. The standard InChI is InChI=1S/C23H25ClN2O.ClH/c24-20-3-1-19(2-4-20)22-10-17-9-18(11-22)13-23(12-17,15-22)21(27)26-14-16-5-7-25-8-6-16;/h1-8,17-18H,9-15H2,(H,26,27);1H. The van der Waals surface area contributed by atoms with Gasteiger partial charge in [-0.15, -0.1) is 12.4 Å². The van der Waals surface area contributed by atoms with Crippen molar-refractivity contribution in [3.05, 3.63) is 64.9 Å². The normalized spacial score (nSPS) is 32.6. The molecular weight excluding hydrogens is 391 g/mol. The van der Waals surface area contributed by atoms with Crippen LogP contribution in [0.15, 0.2) is 48.8 Å². The van der Waals surface area contributed by atoms with Crippen molar-refractivity contribution in [2.45, 2.75) is 50.5 Å².